The highest BCUT2D eigenvalue weighted by Crippen LogP contribution is 2.38. The lowest BCUT2D eigenvalue weighted by molar-refractivity contribution is 0.490. The van der Waals surface area contributed by atoms with Crippen LogP contribution in [0.5, 0.6) is 0 Å². The second-order valence-electron chi connectivity index (χ2n) is 5.56. The Hall–Kier alpha value is -2.04. The second kappa shape index (κ2) is 6.16. The van der Waals surface area contributed by atoms with E-state index in [0.29, 0.717) is 12.5 Å². The van der Waals surface area contributed by atoms with Crippen LogP contribution in [0, 0.1) is 6.92 Å². The highest BCUT2D eigenvalue weighted by atomic mass is 16.3. The Bertz CT molecular complexity index is 604. The molecule has 0 aromatic carbocycles. The summed E-state index contributed by atoms with van der Waals surface area (Å²) in [6.07, 6.45) is 3.49. The number of rotatable bonds is 7. The molecule has 0 bridgehead atoms. The fourth-order valence-corrected chi connectivity index (χ4v) is 2.18. The Morgan fingerprint density at radius 3 is 2.57 bits per heavy atom. The van der Waals surface area contributed by atoms with Gasteiger partial charge in [-0.25, -0.2) is 9.97 Å². The van der Waals surface area contributed by atoms with E-state index in [2.05, 4.69) is 27.5 Å². The van der Waals surface area contributed by atoms with Crippen LogP contribution in [0.25, 0.3) is 0 Å². The molecule has 112 valence electrons. The first kappa shape index (κ1) is 13.9. The van der Waals surface area contributed by atoms with Gasteiger partial charge in [-0.2, -0.15) is 0 Å². The number of nitrogens with one attached hydrogen (secondary N) is 2. The average Bonchev–Trinajstić information content (AvgIpc) is 3.26. The molecule has 2 aromatic rings. The number of aromatic nitrogens is 2. The van der Waals surface area contributed by atoms with Crippen molar-refractivity contribution in [1.29, 1.82) is 0 Å². The largest absolute Gasteiger partial charge is 0.465 e. The Balaban J connectivity index is 1.71. The van der Waals surface area contributed by atoms with Gasteiger partial charge in [-0.05, 0) is 38.3 Å². The minimum Gasteiger partial charge on any atom is -0.465 e. The first-order valence-corrected chi connectivity index (χ1v) is 7.66. The Morgan fingerprint density at radius 1 is 1.19 bits per heavy atom. The molecule has 0 amide bonds. The summed E-state index contributed by atoms with van der Waals surface area (Å²) < 4.78 is 5.57. The minimum atomic E-state index is 0.541. The summed E-state index contributed by atoms with van der Waals surface area (Å²) in [7, 11) is 0. The average molecular weight is 286 g/mol. The first-order valence-electron chi connectivity index (χ1n) is 7.66. The zero-order valence-electron chi connectivity index (χ0n) is 12.6. The van der Waals surface area contributed by atoms with Crippen LogP contribution in [0.2, 0.25) is 0 Å². The van der Waals surface area contributed by atoms with Crippen LogP contribution < -0.4 is 10.6 Å². The molecule has 0 unspecified atom stereocenters. The zero-order chi connectivity index (χ0) is 14.7. The molecule has 1 aliphatic carbocycles. The molecule has 0 atom stereocenters. The summed E-state index contributed by atoms with van der Waals surface area (Å²) in [6.45, 7) is 5.67. The summed E-state index contributed by atoms with van der Waals surface area (Å²) in [5.74, 6) is 5.11. The molecular formula is C16H22N4O. The fourth-order valence-electron chi connectivity index (χ4n) is 2.18. The monoisotopic (exact) mass is 286 g/mol. The molecule has 0 saturated heterocycles. The molecule has 3 rings (SSSR count). The lowest BCUT2D eigenvalue weighted by atomic mass is 10.3. The summed E-state index contributed by atoms with van der Waals surface area (Å²) >= 11 is 0. The van der Waals surface area contributed by atoms with E-state index < -0.39 is 0 Å². The van der Waals surface area contributed by atoms with Crippen molar-refractivity contribution in [3.05, 3.63) is 35.5 Å². The maximum atomic E-state index is 5.57. The number of hydrogen-bond acceptors (Lipinski definition) is 5. The number of furan rings is 1. The van der Waals surface area contributed by atoms with Gasteiger partial charge >= 0.3 is 0 Å². The number of nitrogens with zero attached hydrogens (tertiary/aromatic N) is 2. The topological polar surface area (TPSA) is 63.0 Å². The van der Waals surface area contributed by atoms with Gasteiger partial charge in [-0.15, -0.1) is 0 Å². The minimum absolute atomic E-state index is 0.541. The van der Waals surface area contributed by atoms with Crippen LogP contribution >= 0.6 is 0 Å². The van der Waals surface area contributed by atoms with Crippen LogP contribution in [0.3, 0.4) is 0 Å². The number of hydrogen-bond donors (Lipinski definition) is 2. The molecule has 1 saturated carbocycles. The maximum absolute atomic E-state index is 5.57. The molecule has 2 aromatic heterocycles. The first-order chi connectivity index (χ1) is 10.2. The predicted molar refractivity (Wildman–Crippen MR) is 83.6 cm³/mol. The molecule has 21 heavy (non-hydrogen) atoms. The van der Waals surface area contributed by atoms with Gasteiger partial charge < -0.3 is 15.1 Å². The standard InChI is InChI=1S/C16H22N4O/c1-3-8-17-14-9-15(20-16(19-14)12-5-6-12)18-10-13-7-4-11(2)21-13/h4,7,9,12H,3,5-6,8,10H2,1-2H3,(H2,17,18,19,20). The fraction of sp³-hybridized carbons (Fsp3) is 0.500. The van der Waals surface area contributed by atoms with Crippen molar-refractivity contribution in [2.75, 3.05) is 17.2 Å². The predicted octanol–water partition coefficient (Wildman–Crippen LogP) is 3.69. The van der Waals surface area contributed by atoms with Gasteiger partial charge in [0.25, 0.3) is 0 Å². The van der Waals surface area contributed by atoms with Gasteiger partial charge in [-0.3, -0.25) is 0 Å². The van der Waals surface area contributed by atoms with E-state index in [1.54, 1.807) is 0 Å². The highest BCUT2D eigenvalue weighted by molar-refractivity contribution is 5.48. The van der Waals surface area contributed by atoms with Crippen molar-refractivity contribution in [3.8, 4) is 0 Å². The van der Waals surface area contributed by atoms with E-state index >= 15 is 0 Å². The highest BCUT2D eigenvalue weighted by Gasteiger charge is 2.27. The van der Waals surface area contributed by atoms with Gasteiger partial charge in [0.1, 0.15) is 29.0 Å². The summed E-state index contributed by atoms with van der Waals surface area (Å²) in [5, 5.41) is 6.67. The summed E-state index contributed by atoms with van der Waals surface area (Å²) in [5.41, 5.74) is 0. The molecule has 5 nitrogen and oxygen atoms in total. The van der Waals surface area contributed by atoms with E-state index in [1.807, 2.05) is 25.1 Å². The molecule has 0 aliphatic heterocycles. The molecule has 1 fully saturated rings. The summed E-state index contributed by atoms with van der Waals surface area (Å²) in [6, 6.07) is 5.93. The van der Waals surface area contributed by atoms with Gasteiger partial charge in [0, 0.05) is 18.5 Å². The normalized spacial score (nSPS) is 14.2. The van der Waals surface area contributed by atoms with Crippen molar-refractivity contribution in [1.82, 2.24) is 9.97 Å². The number of anilines is 2. The molecule has 5 heteroatoms. The third-order valence-corrected chi connectivity index (χ3v) is 3.48. The third kappa shape index (κ3) is 3.74. The van der Waals surface area contributed by atoms with Crippen LogP contribution in [0.15, 0.2) is 22.6 Å². The van der Waals surface area contributed by atoms with E-state index in [-0.39, 0.29) is 0 Å². The summed E-state index contributed by atoms with van der Waals surface area (Å²) in [4.78, 5) is 9.23. The van der Waals surface area contributed by atoms with Crippen molar-refractivity contribution in [3.63, 3.8) is 0 Å². The van der Waals surface area contributed by atoms with Gasteiger partial charge in [0.2, 0.25) is 0 Å². The molecule has 2 heterocycles. The van der Waals surface area contributed by atoms with Gasteiger partial charge in [0.15, 0.2) is 0 Å². The van der Waals surface area contributed by atoms with Gasteiger partial charge in [-0.1, -0.05) is 6.92 Å². The van der Waals surface area contributed by atoms with E-state index in [1.165, 1.54) is 12.8 Å². The molecule has 0 spiro atoms. The molecular weight excluding hydrogens is 264 g/mol. The van der Waals surface area contributed by atoms with Crippen LogP contribution in [0.4, 0.5) is 11.6 Å². The Morgan fingerprint density at radius 2 is 1.95 bits per heavy atom. The quantitative estimate of drug-likeness (QED) is 0.812. The Labute approximate surface area is 125 Å². The number of aryl methyl sites for hydroxylation is 1. The van der Waals surface area contributed by atoms with Crippen molar-refractivity contribution in [2.45, 2.75) is 45.6 Å². The van der Waals surface area contributed by atoms with E-state index in [4.69, 9.17) is 4.42 Å². The smallest absolute Gasteiger partial charge is 0.136 e. The SMILES string of the molecule is CCCNc1cc(NCc2ccc(C)o2)nc(C2CC2)n1. The molecule has 1 aliphatic rings. The third-order valence-electron chi connectivity index (χ3n) is 3.48. The maximum Gasteiger partial charge on any atom is 0.136 e. The lowest BCUT2D eigenvalue weighted by Crippen LogP contribution is -2.08. The van der Waals surface area contributed by atoms with Crippen molar-refractivity contribution >= 4 is 11.6 Å². The van der Waals surface area contributed by atoms with E-state index in [9.17, 15) is 0 Å². The second-order valence-corrected chi connectivity index (χ2v) is 5.56. The van der Waals surface area contributed by atoms with Crippen LogP contribution in [-0.2, 0) is 6.54 Å². The molecule has 2 N–H and O–H groups in total. The molecule has 0 radical (unpaired) electrons. The Kier molecular flexibility index (Phi) is 4.08. The van der Waals surface area contributed by atoms with Crippen molar-refractivity contribution < 1.29 is 4.42 Å². The van der Waals surface area contributed by atoms with Crippen LogP contribution in [0.1, 0.15) is 49.4 Å². The van der Waals surface area contributed by atoms with Gasteiger partial charge in [0.05, 0.1) is 6.54 Å². The zero-order valence-corrected chi connectivity index (χ0v) is 12.6. The lowest BCUT2D eigenvalue weighted by Gasteiger charge is -2.10. The van der Waals surface area contributed by atoms with Crippen LogP contribution in [-0.4, -0.2) is 16.5 Å². The van der Waals surface area contributed by atoms with E-state index in [0.717, 1.165) is 41.9 Å². The van der Waals surface area contributed by atoms with Crippen molar-refractivity contribution in [2.24, 2.45) is 0 Å².